The summed E-state index contributed by atoms with van der Waals surface area (Å²) >= 11 is 0. The fraction of sp³-hybridized carbons (Fsp3) is 0.235. The quantitative estimate of drug-likeness (QED) is 0.762. The fourth-order valence-electron chi connectivity index (χ4n) is 1.91. The number of carbonyl (C=O) groups excluding carboxylic acids is 1. The first kappa shape index (κ1) is 13.3. The van der Waals surface area contributed by atoms with Crippen molar-refractivity contribution in [2.75, 3.05) is 0 Å². The molecule has 0 atom stereocenters. The first-order valence-corrected chi connectivity index (χ1v) is 6.43. The molecular formula is C17H18O2. The zero-order valence-electron chi connectivity index (χ0n) is 11.5. The van der Waals surface area contributed by atoms with Crippen molar-refractivity contribution in [1.82, 2.24) is 0 Å². The highest BCUT2D eigenvalue weighted by Crippen LogP contribution is 2.27. The van der Waals surface area contributed by atoms with Gasteiger partial charge in [-0.2, -0.15) is 0 Å². The second-order valence-electron chi connectivity index (χ2n) is 4.89. The highest BCUT2D eigenvalue weighted by molar-refractivity contribution is 5.77. The normalized spacial score (nSPS) is 10.5. The van der Waals surface area contributed by atoms with Gasteiger partial charge in [0.15, 0.2) is 0 Å². The van der Waals surface area contributed by atoms with Gasteiger partial charge in [0.1, 0.15) is 12.0 Å². The van der Waals surface area contributed by atoms with E-state index in [9.17, 15) is 4.79 Å². The van der Waals surface area contributed by atoms with Gasteiger partial charge in [0, 0.05) is 5.56 Å². The topological polar surface area (TPSA) is 26.3 Å². The molecule has 0 amide bonds. The molecule has 98 valence electrons. The Kier molecular flexibility index (Phi) is 4.00. The van der Waals surface area contributed by atoms with Gasteiger partial charge in [-0.15, -0.1) is 0 Å². The van der Waals surface area contributed by atoms with Crippen molar-refractivity contribution in [2.24, 2.45) is 0 Å². The highest BCUT2D eigenvalue weighted by atomic mass is 16.5. The van der Waals surface area contributed by atoms with Gasteiger partial charge >= 0.3 is 0 Å². The summed E-state index contributed by atoms with van der Waals surface area (Å²) in [4.78, 5) is 10.7. The molecule has 2 rings (SSSR count). The molecular weight excluding hydrogens is 236 g/mol. The van der Waals surface area contributed by atoms with E-state index < -0.39 is 0 Å². The summed E-state index contributed by atoms with van der Waals surface area (Å²) in [5, 5.41) is 0. The molecule has 0 aromatic heterocycles. The van der Waals surface area contributed by atoms with Crippen molar-refractivity contribution in [2.45, 2.75) is 26.9 Å². The average molecular weight is 254 g/mol. The van der Waals surface area contributed by atoms with Crippen LogP contribution in [0.2, 0.25) is 0 Å². The number of ether oxygens (including phenoxy) is 1. The largest absolute Gasteiger partial charge is 0.491 e. The third-order valence-corrected chi connectivity index (χ3v) is 2.93. The molecule has 0 spiro atoms. The standard InChI is InChI=1S/C17H18O2/c1-12(2)19-17-10-16(7-4-13(17)3)15-8-5-14(11-18)6-9-15/h4-12H,1-3H3. The molecule has 0 saturated carbocycles. The molecule has 2 nitrogen and oxygen atoms in total. The maximum Gasteiger partial charge on any atom is 0.150 e. The van der Waals surface area contributed by atoms with Crippen LogP contribution in [0.3, 0.4) is 0 Å². The van der Waals surface area contributed by atoms with E-state index in [4.69, 9.17) is 4.74 Å². The van der Waals surface area contributed by atoms with E-state index in [0.29, 0.717) is 5.56 Å². The third-order valence-electron chi connectivity index (χ3n) is 2.93. The van der Waals surface area contributed by atoms with Crippen LogP contribution in [0.15, 0.2) is 42.5 Å². The van der Waals surface area contributed by atoms with Crippen molar-refractivity contribution >= 4 is 6.29 Å². The van der Waals surface area contributed by atoms with Crippen molar-refractivity contribution < 1.29 is 9.53 Å². The van der Waals surface area contributed by atoms with E-state index in [1.165, 1.54) is 0 Å². The van der Waals surface area contributed by atoms with Gasteiger partial charge in [0.2, 0.25) is 0 Å². The summed E-state index contributed by atoms with van der Waals surface area (Å²) in [5.74, 6) is 0.909. The van der Waals surface area contributed by atoms with Crippen LogP contribution in [0.1, 0.15) is 29.8 Å². The van der Waals surface area contributed by atoms with E-state index in [1.807, 2.05) is 51.1 Å². The van der Waals surface area contributed by atoms with Gasteiger partial charge in [0.25, 0.3) is 0 Å². The van der Waals surface area contributed by atoms with Gasteiger partial charge in [-0.3, -0.25) is 4.79 Å². The van der Waals surface area contributed by atoms with Crippen LogP contribution < -0.4 is 4.74 Å². The predicted molar refractivity (Wildman–Crippen MR) is 77.8 cm³/mol. The molecule has 2 aromatic rings. The van der Waals surface area contributed by atoms with Gasteiger partial charge in [-0.25, -0.2) is 0 Å². The number of rotatable bonds is 4. The average Bonchev–Trinajstić information content (AvgIpc) is 2.41. The van der Waals surface area contributed by atoms with Crippen molar-refractivity contribution in [3.63, 3.8) is 0 Å². The van der Waals surface area contributed by atoms with Crippen LogP contribution in [-0.4, -0.2) is 12.4 Å². The van der Waals surface area contributed by atoms with Crippen LogP contribution in [0, 0.1) is 6.92 Å². The monoisotopic (exact) mass is 254 g/mol. The Balaban J connectivity index is 2.36. The fourth-order valence-corrected chi connectivity index (χ4v) is 1.91. The molecule has 0 unspecified atom stereocenters. The SMILES string of the molecule is Cc1ccc(-c2ccc(C=O)cc2)cc1OC(C)C. The summed E-state index contributed by atoms with van der Waals surface area (Å²) in [6.07, 6.45) is 1.01. The summed E-state index contributed by atoms with van der Waals surface area (Å²) in [7, 11) is 0. The van der Waals surface area contributed by atoms with Crippen molar-refractivity contribution in [3.05, 3.63) is 53.6 Å². The zero-order valence-corrected chi connectivity index (χ0v) is 11.5. The lowest BCUT2D eigenvalue weighted by molar-refractivity contribution is 0.112. The maximum atomic E-state index is 10.7. The number of hydrogen-bond acceptors (Lipinski definition) is 2. The molecule has 2 heteroatoms. The molecule has 0 aliphatic rings. The minimum Gasteiger partial charge on any atom is -0.491 e. The first-order valence-electron chi connectivity index (χ1n) is 6.43. The molecule has 0 fully saturated rings. The molecule has 0 N–H and O–H groups in total. The van der Waals surface area contributed by atoms with Crippen LogP contribution in [0.4, 0.5) is 0 Å². The van der Waals surface area contributed by atoms with Crippen LogP contribution in [-0.2, 0) is 0 Å². The molecule has 0 bridgehead atoms. The van der Waals surface area contributed by atoms with Gasteiger partial charge in [0.05, 0.1) is 6.10 Å². The predicted octanol–water partition coefficient (Wildman–Crippen LogP) is 4.26. The molecule has 0 saturated heterocycles. The number of carbonyl (C=O) groups is 1. The summed E-state index contributed by atoms with van der Waals surface area (Å²) in [6.45, 7) is 6.08. The smallest absolute Gasteiger partial charge is 0.150 e. The number of benzene rings is 2. The second-order valence-corrected chi connectivity index (χ2v) is 4.89. The Hall–Kier alpha value is -2.09. The van der Waals surface area contributed by atoms with Crippen molar-refractivity contribution in [1.29, 1.82) is 0 Å². The van der Waals surface area contributed by atoms with E-state index >= 15 is 0 Å². The second kappa shape index (κ2) is 5.70. The number of aldehydes is 1. The van der Waals surface area contributed by atoms with Gasteiger partial charge in [-0.1, -0.05) is 36.4 Å². The summed E-state index contributed by atoms with van der Waals surface area (Å²) in [6, 6.07) is 13.7. The third kappa shape index (κ3) is 3.22. The summed E-state index contributed by atoms with van der Waals surface area (Å²) < 4.78 is 5.80. The van der Waals surface area contributed by atoms with E-state index in [-0.39, 0.29) is 6.10 Å². The van der Waals surface area contributed by atoms with E-state index in [1.54, 1.807) is 0 Å². The van der Waals surface area contributed by atoms with Crippen molar-refractivity contribution in [3.8, 4) is 16.9 Å². The Morgan fingerprint density at radius 3 is 2.21 bits per heavy atom. The van der Waals surface area contributed by atoms with Gasteiger partial charge in [-0.05, 0) is 43.5 Å². The minimum atomic E-state index is 0.159. The molecule has 2 aromatic carbocycles. The van der Waals surface area contributed by atoms with E-state index in [0.717, 1.165) is 28.7 Å². The molecule has 0 radical (unpaired) electrons. The molecule has 0 aliphatic carbocycles. The minimum absolute atomic E-state index is 0.159. The zero-order chi connectivity index (χ0) is 13.8. The molecule has 0 aliphatic heterocycles. The number of aryl methyl sites for hydroxylation is 1. The Bertz CT molecular complexity index is 568. The summed E-state index contributed by atoms with van der Waals surface area (Å²) in [5.41, 5.74) is 3.99. The Morgan fingerprint density at radius 2 is 1.63 bits per heavy atom. The lowest BCUT2D eigenvalue weighted by Crippen LogP contribution is -2.06. The van der Waals surface area contributed by atoms with Crippen LogP contribution in [0.5, 0.6) is 5.75 Å². The Morgan fingerprint density at radius 1 is 1.00 bits per heavy atom. The highest BCUT2D eigenvalue weighted by Gasteiger charge is 2.05. The van der Waals surface area contributed by atoms with Gasteiger partial charge < -0.3 is 4.74 Å². The molecule has 19 heavy (non-hydrogen) atoms. The van der Waals surface area contributed by atoms with Crippen LogP contribution in [0.25, 0.3) is 11.1 Å². The molecule has 0 heterocycles. The lowest BCUT2D eigenvalue weighted by Gasteiger charge is -2.14. The maximum absolute atomic E-state index is 10.7. The Labute approximate surface area is 114 Å². The van der Waals surface area contributed by atoms with Crippen LogP contribution >= 0.6 is 0 Å². The lowest BCUT2D eigenvalue weighted by atomic mass is 10.0. The van der Waals surface area contributed by atoms with E-state index in [2.05, 4.69) is 12.1 Å². The first-order chi connectivity index (χ1) is 9.10. The number of hydrogen-bond donors (Lipinski definition) is 0.